The minimum Gasteiger partial charge on any atom is -0.459 e. The number of benzene rings is 1. The molecule has 0 fully saturated rings. The van der Waals surface area contributed by atoms with Gasteiger partial charge in [0.15, 0.2) is 17.2 Å². The van der Waals surface area contributed by atoms with Gasteiger partial charge in [-0.2, -0.15) is 0 Å². The van der Waals surface area contributed by atoms with Crippen LogP contribution in [0.1, 0.15) is 47.7 Å². The van der Waals surface area contributed by atoms with Crippen molar-refractivity contribution < 1.29 is 14.0 Å². The summed E-state index contributed by atoms with van der Waals surface area (Å²) >= 11 is 0. The summed E-state index contributed by atoms with van der Waals surface area (Å²) in [6, 6.07) is 15.6. The highest BCUT2D eigenvalue weighted by Gasteiger charge is 2.19. The SMILES string of the molecule is CCCC(NC(=O)NCc1ccc(NC(=O)c2ccco2)cc1)c1nnc2ccccn12. The van der Waals surface area contributed by atoms with E-state index in [0.29, 0.717) is 18.1 Å². The highest BCUT2D eigenvalue weighted by atomic mass is 16.3. The molecule has 1 aromatic carbocycles. The molecule has 0 aliphatic heterocycles. The summed E-state index contributed by atoms with van der Waals surface area (Å²) in [7, 11) is 0. The third-order valence-electron chi connectivity index (χ3n) is 4.94. The van der Waals surface area contributed by atoms with Crippen molar-refractivity contribution in [2.75, 3.05) is 5.32 Å². The van der Waals surface area contributed by atoms with E-state index in [1.165, 1.54) is 6.26 Å². The third kappa shape index (κ3) is 4.94. The first-order chi connectivity index (χ1) is 15.6. The summed E-state index contributed by atoms with van der Waals surface area (Å²) in [5.41, 5.74) is 2.28. The zero-order valence-corrected chi connectivity index (χ0v) is 17.6. The summed E-state index contributed by atoms with van der Waals surface area (Å²) in [5.74, 6) is 0.631. The fraction of sp³-hybridized carbons (Fsp3) is 0.217. The Morgan fingerprint density at radius 2 is 1.91 bits per heavy atom. The number of pyridine rings is 1. The second-order valence-corrected chi connectivity index (χ2v) is 7.28. The van der Waals surface area contributed by atoms with E-state index < -0.39 is 0 Å². The number of carbonyl (C=O) groups excluding carboxylic acids is 2. The largest absolute Gasteiger partial charge is 0.459 e. The number of furan rings is 1. The van der Waals surface area contributed by atoms with E-state index in [2.05, 4.69) is 33.1 Å². The average molecular weight is 432 g/mol. The molecule has 0 saturated carbocycles. The lowest BCUT2D eigenvalue weighted by Crippen LogP contribution is -2.38. The van der Waals surface area contributed by atoms with Gasteiger partial charge in [-0.15, -0.1) is 10.2 Å². The predicted molar refractivity (Wildman–Crippen MR) is 119 cm³/mol. The molecule has 4 aromatic rings. The van der Waals surface area contributed by atoms with Gasteiger partial charge in [-0.25, -0.2) is 4.79 Å². The molecule has 32 heavy (non-hydrogen) atoms. The number of nitrogens with one attached hydrogen (secondary N) is 3. The first-order valence-corrected chi connectivity index (χ1v) is 10.4. The fourth-order valence-electron chi connectivity index (χ4n) is 3.35. The number of carbonyl (C=O) groups is 2. The molecular formula is C23H24N6O3. The number of nitrogens with zero attached hydrogens (tertiary/aromatic N) is 3. The monoisotopic (exact) mass is 432 g/mol. The maximum atomic E-state index is 12.5. The van der Waals surface area contributed by atoms with Gasteiger partial charge in [0.2, 0.25) is 0 Å². The van der Waals surface area contributed by atoms with Gasteiger partial charge in [-0.1, -0.05) is 31.5 Å². The zero-order valence-electron chi connectivity index (χ0n) is 17.6. The highest BCUT2D eigenvalue weighted by molar-refractivity contribution is 6.02. The Balaban J connectivity index is 1.33. The van der Waals surface area contributed by atoms with Crippen LogP contribution in [-0.4, -0.2) is 26.5 Å². The van der Waals surface area contributed by atoms with Crippen LogP contribution in [0.15, 0.2) is 71.5 Å². The van der Waals surface area contributed by atoms with Gasteiger partial charge in [-0.3, -0.25) is 9.20 Å². The summed E-state index contributed by atoms with van der Waals surface area (Å²) in [6.45, 7) is 2.40. The van der Waals surface area contributed by atoms with E-state index in [1.54, 1.807) is 24.3 Å². The Bertz CT molecular complexity index is 1180. The van der Waals surface area contributed by atoms with E-state index in [1.807, 2.05) is 40.9 Å². The Hall–Kier alpha value is -4.14. The number of hydrogen-bond acceptors (Lipinski definition) is 5. The van der Waals surface area contributed by atoms with Crippen molar-refractivity contribution in [3.8, 4) is 0 Å². The Morgan fingerprint density at radius 3 is 2.66 bits per heavy atom. The van der Waals surface area contributed by atoms with Crippen molar-refractivity contribution in [3.05, 3.63) is 84.2 Å². The summed E-state index contributed by atoms with van der Waals surface area (Å²) in [5, 5.41) is 17.1. The number of hydrogen-bond donors (Lipinski definition) is 3. The van der Waals surface area contributed by atoms with Gasteiger partial charge in [0.25, 0.3) is 5.91 Å². The quantitative estimate of drug-likeness (QED) is 0.391. The Kier molecular flexibility index (Phi) is 6.45. The minimum absolute atomic E-state index is 0.245. The number of urea groups is 1. The van der Waals surface area contributed by atoms with E-state index >= 15 is 0 Å². The molecule has 0 bridgehead atoms. The van der Waals surface area contributed by atoms with Crippen molar-refractivity contribution in [1.82, 2.24) is 25.2 Å². The second kappa shape index (κ2) is 9.78. The van der Waals surface area contributed by atoms with E-state index in [4.69, 9.17) is 4.42 Å². The number of fused-ring (bicyclic) bond motifs is 1. The molecule has 0 spiro atoms. The Morgan fingerprint density at radius 1 is 1.06 bits per heavy atom. The maximum Gasteiger partial charge on any atom is 0.315 e. The zero-order chi connectivity index (χ0) is 22.3. The van der Waals surface area contributed by atoms with Gasteiger partial charge >= 0.3 is 6.03 Å². The highest BCUT2D eigenvalue weighted by Crippen LogP contribution is 2.18. The van der Waals surface area contributed by atoms with Crippen LogP contribution in [0.5, 0.6) is 0 Å². The lowest BCUT2D eigenvalue weighted by molar-refractivity contribution is 0.0996. The molecule has 9 nitrogen and oxygen atoms in total. The Labute approximate surface area is 184 Å². The van der Waals surface area contributed by atoms with Crippen LogP contribution in [-0.2, 0) is 6.54 Å². The van der Waals surface area contributed by atoms with E-state index in [-0.39, 0.29) is 23.7 Å². The molecule has 0 aliphatic carbocycles. The van der Waals surface area contributed by atoms with Crippen LogP contribution < -0.4 is 16.0 Å². The molecule has 3 N–H and O–H groups in total. The first-order valence-electron chi connectivity index (χ1n) is 10.4. The van der Waals surface area contributed by atoms with Crippen molar-refractivity contribution in [2.45, 2.75) is 32.4 Å². The predicted octanol–water partition coefficient (Wildman–Crippen LogP) is 3.92. The number of anilines is 1. The lowest BCUT2D eigenvalue weighted by atomic mass is 10.1. The molecule has 4 rings (SSSR count). The van der Waals surface area contributed by atoms with Gasteiger partial charge < -0.3 is 20.4 Å². The molecule has 0 radical (unpaired) electrons. The fourth-order valence-corrected chi connectivity index (χ4v) is 3.35. The van der Waals surface area contributed by atoms with Crippen LogP contribution in [0.25, 0.3) is 5.65 Å². The second-order valence-electron chi connectivity index (χ2n) is 7.28. The number of amides is 3. The standard InChI is InChI=1S/C23H24N6O3/c1-2-6-18(21-28-27-20-8-3-4-13-29(20)21)26-23(31)24-15-16-9-11-17(12-10-16)25-22(30)19-7-5-14-32-19/h3-5,7-14,18H,2,6,15H2,1H3,(H,25,30)(H2,24,26,31). The molecule has 0 saturated heterocycles. The van der Waals surface area contributed by atoms with Gasteiger partial charge in [0, 0.05) is 18.4 Å². The topological polar surface area (TPSA) is 114 Å². The summed E-state index contributed by atoms with van der Waals surface area (Å²) in [4.78, 5) is 24.6. The molecule has 3 amide bonds. The van der Waals surface area contributed by atoms with E-state index in [0.717, 1.165) is 24.1 Å². The summed E-state index contributed by atoms with van der Waals surface area (Å²) < 4.78 is 6.96. The van der Waals surface area contributed by atoms with E-state index in [9.17, 15) is 9.59 Å². The molecule has 1 unspecified atom stereocenters. The van der Waals surface area contributed by atoms with Crippen LogP contribution in [0.2, 0.25) is 0 Å². The van der Waals surface area contributed by atoms with Crippen molar-refractivity contribution in [3.63, 3.8) is 0 Å². The van der Waals surface area contributed by atoms with Crippen LogP contribution >= 0.6 is 0 Å². The summed E-state index contributed by atoms with van der Waals surface area (Å²) in [6.07, 6.45) is 4.97. The average Bonchev–Trinajstić information content (AvgIpc) is 3.49. The maximum absolute atomic E-state index is 12.5. The molecule has 0 aliphatic rings. The van der Waals surface area contributed by atoms with Gasteiger partial charge in [0.05, 0.1) is 12.3 Å². The van der Waals surface area contributed by atoms with Crippen molar-refractivity contribution in [2.24, 2.45) is 0 Å². The lowest BCUT2D eigenvalue weighted by Gasteiger charge is -2.17. The van der Waals surface area contributed by atoms with Crippen LogP contribution in [0.3, 0.4) is 0 Å². The van der Waals surface area contributed by atoms with Crippen LogP contribution in [0, 0.1) is 0 Å². The molecule has 1 atom stereocenters. The molecular weight excluding hydrogens is 408 g/mol. The van der Waals surface area contributed by atoms with Gasteiger partial charge in [-0.05, 0) is 48.4 Å². The smallest absolute Gasteiger partial charge is 0.315 e. The minimum atomic E-state index is -0.316. The molecule has 3 heterocycles. The van der Waals surface area contributed by atoms with Crippen LogP contribution in [0.4, 0.5) is 10.5 Å². The van der Waals surface area contributed by atoms with Gasteiger partial charge in [0.1, 0.15) is 0 Å². The van der Waals surface area contributed by atoms with Crippen molar-refractivity contribution >= 4 is 23.3 Å². The normalized spacial score (nSPS) is 11.8. The first kappa shape index (κ1) is 21.1. The van der Waals surface area contributed by atoms with Crippen molar-refractivity contribution in [1.29, 1.82) is 0 Å². The third-order valence-corrected chi connectivity index (χ3v) is 4.94. The molecule has 164 valence electrons. The number of aromatic nitrogens is 3. The molecule has 3 aromatic heterocycles. The number of rotatable bonds is 8. The molecule has 9 heteroatoms.